The Morgan fingerprint density at radius 3 is 2.26 bits per heavy atom. The van der Waals surface area contributed by atoms with Crippen LogP contribution in [0.25, 0.3) is 0 Å². The summed E-state index contributed by atoms with van der Waals surface area (Å²) in [5.41, 5.74) is 6.69. The van der Waals surface area contributed by atoms with Crippen LogP contribution in [0.1, 0.15) is 38.7 Å². The molecule has 0 saturated carbocycles. The summed E-state index contributed by atoms with van der Waals surface area (Å²) < 4.78 is 0. The van der Waals surface area contributed by atoms with Crippen LogP contribution in [-0.2, 0) is 30.4 Å². The number of carboxylic acids is 2. The molecule has 11 heteroatoms. The maximum atomic E-state index is 13.1. The highest BCUT2D eigenvalue weighted by Crippen LogP contribution is 2.20. The minimum Gasteiger partial charge on any atom is -0.481 e. The Hall–Kier alpha value is -3.47. The number of nitrogens with zero attached hydrogens (tertiary/aromatic N) is 1. The summed E-state index contributed by atoms with van der Waals surface area (Å²) >= 11 is 0. The van der Waals surface area contributed by atoms with Gasteiger partial charge in [-0.15, -0.1) is 0 Å². The largest absolute Gasteiger partial charge is 0.481 e. The van der Waals surface area contributed by atoms with Crippen molar-refractivity contribution >= 4 is 29.7 Å². The van der Waals surface area contributed by atoms with Crippen molar-refractivity contribution in [2.75, 3.05) is 6.54 Å². The van der Waals surface area contributed by atoms with Crippen LogP contribution in [0.4, 0.5) is 0 Å². The maximum Gasteiger partial charge on any atom is 0.326 e. The summed E-state index contributed by atoms with van der Waals surface area (Å²) in [5, 5.41) is 23.0. The van der Waals surface area contributed by atoms with Crippen LogP contribution < -0.4 is 16.4 Å². The molecule has 1 aromatic rings. The van der Waals surface area contributed by atoms with Crippen LogP contribution in [0.3, 0.4) is 0 Å². The third-order valence-corrected chi connectivity index (χ3v) is 5.75. The number of carbonyl (C=O) groups is 5. The number of benzene rings is 1. The van der Waals surface area contributed by atoms with Crippen molar-refractivity contribution in [1.29, 1.82) is 0 Å². The highest BCUT2D eigenvalue weighted by atomic mass is 16.4. The number of carboxylic acid groups (broad SMARTS) is 2. The summed E-state index contributed by atoms with van der Waals surface area (Å²) in [4.78, 5) is 62.6. The quantitative estimate of drug-likeness (QED) is 0.289. The SMILES string of the molecule is CC(C)C(N)C(=O)N1CCCC1C(=O)NC(Cc1ccccc1)C(=O)NC(CC(=O)O)C(=O)O. The Morgan fingerprint density at radius 1 is 1.06 bits per heavy atom. The third-order valence-electron chi connectivity index (χ3n) is 5.75. The number of nitrogens with one attached hydrogen (secondary N) is 2. The zero-order chi connectivity index (χ0) is 25.4. The standard InChI is InChI=1S/C23H32N4O7/c1-13(2)19(24)22(32)27-10-6-9-17(27)21(31)25-15(11-14-7-4-3-5-8-14)20(30)26-16(23(33)34)12-18(28)29/h3-5,7-8,13,15-17,19H,6,9-12,24H2,1-2H3,(H,25,31)(H,26,30)(H,28,29)(H,33,34). The van der Waals surface area contributed by atoms with E-state index < -0.39 is 54.3 Å². The lowest BCUT2D eigenvalue weighted by molar-refractivity contribution is -0.147. The Kier molecular flexibility index (Phi) is 9.55. The van der Waals surface area contributed by atoms with Gasteiger partial charge in [-0.3, -0.25) is 19.2 Å². The molecule has 2 rings (SSSR count). The zero-order valence-electron chi connectivity index (χ0n) is 19.3. The fourth-order valence-corrected chi connectivity index (χ4v) is 3.75. The smallest absolute Gasteiger partial charge is 0.326 e. The molecular weight excluding hydrogens is 444 g/mol. The fourth-order valence-electron chi connectivity index (χ4n) is 3.75. The van der Waals surface area contributed by atoms with Crippen molar-refractivity contribution < 1.29 is 34.2 Å². The zero-order valence-corrected chi connectivity index (χ0v) is 19.3. The summed E-state index contributed by atoms with van der Waals surface area (Å²) in [6.07, 6.45) is 0.234. The lowest BCUT2D eigenvalue weighted by Gasteiger charge is -2.29. The highest BCUT2D eigenvalue weighted by molar-refractivity contribution is 5.95. The van der Waals surface area contributed by atoms with Crippen LogP contribution in [-0.4, -0.2) is 75.5 Å². The Labute approximate surface area is 197 Å². The van der Waals surface area contributed by atoms with Gasteiger partial charge >= 0.3 is 11.9 Å². The minimum absolute atomic E-state index is 0.0456. The van der Waals surface area contributed by atoms with Gasteiger partial charge in [-0.05, 0) is 24.3 Å². The van der Waals surface area contributed by atoms with Gasteiger partial charge in [0.05, 0.1) is 12.5 Å². The van der Waals surface area contributed by atoms with Crippen LogP contribution in [0.5, 0.6) is 0 Å². The van der Waals surface area contributed by atoms with Crippen molar-refractivity contribution in [3.63, 3.8) is 0 Å². The van der Waals surface area contributed by atoms with Gasteiger partial charge in [0.15, 0.2) is 0 Å². The molecule has 6 N–H and O–H groups in total. The molecule has 1 heterocycles. The molecular formula is C23H32N4O7. The average molecular weight is 477 g/mol. The molecule has 1 aliphatic rings. The van der Waals surface area contributed by atoms with Crippen molar-refractivity contribution in [1.82, 2.24) is 15.5 Å². The third kappa shape index (κ3) is 7.27. The number of amides is 3. The highest BCUT2D eigenvalue weighted by Gasteiger charge is 2.38. The lowest BCUT2D eigenvalue weighted by Crippen LogP contribution is -2.57. The number of likely N-dealkylation sites (tertiary alicyclic amines) is 1. The minimum atomic E-state index is -1.66. The average Bonchev–Trinajstić information content (AvgIpc) is 3.27. The van der Waals surface area contributed by atoms with E-state index >= 15 is 0 Å². The van der Waals surface area contributed by atoms with Crippen LogP contribution >= 0.6 is 0 Å². The van der Waals surface area contributed by atoms with Gasteiger partial charge in [0, 0.05) is 13.0 Å². The van der Waals surface area contributed by atoms with Gasteiger partial charge in [-0.1, -0.05) is 44.2 Å². The molecule has 3 amide bonds. The first kappa shape index (κ1) is 26.8. The van der Waals surface area contributed by atoms with Crippen LogP contribution in [0, 0.1) is 5.92 Å². The first-order valence-corrected chi connectivity index (χ1v) is 11.2. The molecule has 0 radical (unpaired) electrons. The summed E-state index contributed by atoms with van der Waals surface area (Å²) in [5.74, 6) is -4.74. The normalized spacial score (nSPS) is 18.1. The Balaban J connectivity index is 2.21. The second-order valence-corrected chi connectivity index (χ2v) is 8.71. The molecule has 11 nitrogen and oxygen atoms in total. The number of carbonyl (C=O) groups excluding carboxylic acids is 3. The second kappa shape index (κ2) is 12.1. The number of hydrogen-bond donors (Lipinski definition) is 5. The van der Waals surface area contributed by atoms with Crippen molar-refractivity contribution in [3.8, 4) is 0 Å². The van der Waals surface area contributed by atoms with E-state index in [1.807, 2.05) is 13.8 Å². The van der Waals surface area contributed by atoms with Gasteiger partial charge in [-0.25, -0.2) is 4.79 Å². The summed E-state index contributed by atoms with van der Waals surface area (Å²) in [7, 11) is 0. The molecule has 1 saturated heterocycles. The lowest BCUT2D eigenvalue weighted by atomic mass is 10.0. The molecule has 1 aliphatic heterocycles. The second-order valence-electron chi connectivity index (χ2n) is 8.71. The summed E-state index contributed by atoms with van der Waals surface area (Å²) in [6, 6.07) is 4.36. The first-order chi connectivity index (χ1) is 16.0. The van der Waals surface area contributed by atoms with E-state index in [-0.39, 0.29) is 18.2 Å². The molecule has 186 valence electrons. The monoisotopic (exact) mass is 476 g/mol. The maximum absolute atomic E-state index is 13.1. The van der Waals surface area contributed by atoms with Crippen LogP contribution in [0.2, 0.25) is 0 Å². The molecule has 1 aromatic carbocycles. The fraction of sp³-hybridized carbons (Fsp3) is 0.522. The van der Waals surface area contributed by atoms with Crippen molar-refractivity contribution in [3.05, 3.63) is 35.9 Å². The Bertz CT molecular complexity index is 906. The van der Waals surface area contributed by atoms with Gasteiger partial charge in [-0.2, -0.15) is 0 Å². The Morgan fingerprint density at radius 2 is 1.71 bits per heavy atom. The van der Waals surface area contributed by atoms with Gasteiger partial charge < -0.3 is 31.5 Å². The molecule has 0 aliphatic carbocycles. The van der Waals surface area contributed by atoms with E-state index in [2.05, 4.69) is 10.6 Å². The topological polar surface area (TPSA) is 179 Å². The van der Waals surface area contributed by atoms with E-state index in [1.165, 1.54) is 4.90 Å². The molecule has 4 atom stereocenters. The van der Waals surface area contributed by atoms with E-state index in [4.69, 9.17) is 10.8 Å². The molecule has 0 bridgehead atoms. The number of hydrogen-bond acceptors (Lipinski definition) is 6. The van der Waals surface area contributed by atoms with Gasteiger partial charge in [0.1, 0.15) is 18.1 Å². The number of rotatable bonds is 11. The van der Waals surface area contributed by atoms with E-state index in [0.29, 0.717) is 24.9 Å². The predicted octanol–water partition coefficient (Wildman–Crippen LogP) is -0.268. The molecule has 0 aromatic heterocycles. The predicted molar refractivity (Wildman–Crippen MR) is 121 cm³/mol. The van der Waals surface area contributed by atoms with Gasteiger partial charge in [0.2, 0.25) is 17.7 Å². The molecule has 1 fully saturated rings. The number of nitrogens with two attached hydrogens (primary N) is 1. The molecule has 34 heavy (non-hydrogen) atoms. The summed E-state index contributed by atoms with van der Waals surface area (Å²) in [6.45, 7) is 3.99. The van der Waals surface area contributed by atoms with Gasteiger partial charge in [0.25, 0.3) is 0 Å². The van der Waals surface area contributed by atoms with Crippen LogP contribution in [0.15, 0.2) is 30.3 Å². The molecule has 0 spiro atoms. The number of aliphatic carboxylic acids is 2. The van der Waals surface area contributed by atoms with E-state index in [9.17, 15) is 29.1 Å². The molecule has 4 unspecified atom stereocenters. The van der Waals surface area contributed by atoms with Crippen molar-refractivity contribution in [2.45, 2.75) is 63.7 Å². The van der Waals surface area contributed by atoms with Crippen molar-refractivity contribution in [2.24, 2.45) is 11.7 Å². The van der Waals surface area contributed by atoms with E-state index in [1.54, 1.807) is 30.3 Å². The first-order valence-electron chi connectivity index (χ1n) is 11.2. The van der Waals surface area contributed by atoms with E-state index in [0.717, 1.165) is 0 Å².